The summed E-state index contributed by atoms with van der Waals surface area (Å²) in [4.78, 5) is 10.5. The molecule has 0 spiro atoms. The van der Waals surface area contributed by atoms with E-state index in [-0.39, 0.29) is 5.69 Å². The first-order valence-corrected chi connectivity index (χ1v) is 6.66. The van der Waals surface area contributed by atoms with Gasteiger partial charge in [0.25, 0.3) is 5.69 Å². The number of benzene rings is 2. The van der Waals surface area contributed by atoms with Crippen LogP contribution < -0.4 is 5.32 Å². The van der Waals surface area contributed by atoms with E-state index in [4.69, 9.17) is 11.6 Å². The van der Waals surface area contributed by atoms with Crippen molar-refractivity contribution in [1.82, 2.24) is 0 Å². The summed E-state index contributed by atoms with van der Waals surface area (Å²) in [6.07, 6.45) is 0. The fraction of sp³-hybridized carbons (Fsp3) is 0.0769. The second kappa shape index (κ2) is 6.04. The summed E-state index contributed by atoms with van der Waals surface area (Å²) in [5.41, 5.74) is 1.48. The second-order valence-corrected chi connectivity index (χ2v) is 5.15. The molecule has 0 saturated carbocycles. The lowest BCUT2D eigenvalue weighted by atomic mass is 10.2. The van der Waals surface area contributed by atoms with E-state index in [1.165, 1.54) is 6.07 Å². The Morgan fingerprint density at radius 2 is 2.00 bits per heavy atom. The highest BCUT2D eigenvalue weighted by molar-refractivity contribution is 9.10. The van der Waals surface area contributed by atoms with Crippen LogP contribution in [0.4, 0.5) is 11.4 Å². The van der Waals surface area contributed by atoms with Crippen LogP contribution in [0.25, 0.3) is 0 Å². The predicted octanol–water partition coefficient (Wildman–Crippen LogP) is 4.62. The molecule has 98 valence electrons. The van der Waals surface area contributed by atoms with Crippen LogP contribution in [0, 0.1) is 10.1 Å². The summed E-state index contributed by atoms with van der Waals surface area (Å²) in [6, 6.07) is 12.0. The Balaban J connectivity index is 2.19. The van der Waals surface area contributed by atoms with Gasteiger partial charge in [-0.15, -0.1) is 0 Å². The van der Waals surface area contributed by atoms with Crippen LogP contribution in [0.15, 0.2) is 46.9 Å². The molecule has 0 aromatic heterocycles. The third-order valence-electron chi connectivity index (χ3n) is 2.58. The molecule has 0 atom stereocenters. The summed E-state index contributed by atoms with van der Waals surface area (Å²) in [7, 11) is 0. The maximum absolute atomic E-state index is 10.9. The van der Waals surface area contributed by atoms with Gasteiger partial charge in [-0.2, -0.15) is 0 Å². The summed E-state index contributed by atoms with van der Waals surface area (Å²) >= 11 is 9.34. The second-order valence-electron chi connectivity index (χ2n) is 3.86. The molecule has 0 aliphatic rings. The van der Waals surface area contributed by atoms with Gasteiger partial charge in [0.05, 0.1) is 4.92 Å². The van der Waals surface area contributed by atoms with E-state index in [0.717, 1.165) is 10.0 Å². The number of rotatable bonds is 4. The first-order valence-electron chi connectivity index (χ1n) is 5.49. The Labute approximate surface area is 123 Å². The van der Waals surface area contributed by atoms with Crippen molar-refractivity contribution < 1.29 is 4.92 Å². The summed E-state index contributed by atoms with van der Waals surface area (Å²) in [5, 5.41) is 14.6. The molecule has 19 heavy (non-hydrogen) atoms. The number of hydrogen-bond acceptors (Lipinski definition) is 3. The lowest BCUT2D eigenvalue weighted by Crippen LogP contribution is -2.03. The van der Waals surface area contributed by atoms with Gasteiger partial charge in [0, 0.05) is 22.1 Å². The van der Waals surface area contributed by atoms with Crippen LogP contribution in [0.3, 0.4) is 0 Å². The predicted molar refractivity (Wildman–Crippen MR) is 79.6 cm³/mol. The van der Waals surface area contributed by atoms with E-state index < -0.39 is 4.92 Å². The van der Waals surface area contributed by atoms with Gasteiger partial charge >= 0.3 is 0 Å². The van der Waals surface area contributed by atoms with Gasteiger partial charge in [-0.25, -0.2) is 0 Å². The molecule has 2 aromatic rings. The Bertz CT molecular complexity index is 619. The van der Waals surface area contributed by atoms with Gasteiger partial charge in [0.15, 0.2) is 0 Å². The zero-order valence-electron chi connectivity index (χ0n) is 9.77. The van der Waals surface area contributed by atoms with Gasteiger partial charge in [0.2, 0.25) is 0 Å². The maximum Gasteiger partial charge on any atom is 0.292 e. The van der Waals surface area contributed by atoms with Gasteiger partial charge in [-0.05, 0) is 29.8 Å². The highest BCUT2D eigenvalue weighted by Gasteiger charge is 2.12. The first kappa shape index (κ1) is 13.8. The standard InChI is InChI=1S/C13H10BrClN2O2/c14-11-6-5-10(15)7-9(11)8-16-12-3-1-2-4-13(12)17(18)19/h1-7,16H,8H2. The molecule has 0 heterocycles. The highest BCUT2D eigenvalue weighted by Crippen LogP contribution is 2.26. The molecular formula is C13H10BrClN2O2. The lowest BCUT2D eigenvalue weighted by molar-refractivity contribution is -0.384. The van der Waals surface area contributed by atoms with Crippen molar-refractivity contribution in [3.05, 3.63) is 67.6 Å². The molecular weight excluding hydrogens is 332 g/mol. The smallest absolute Gasteiger partial charge is 0.292 e. The number of nitrogens with zero attached hydrogens (tertiary/aromatic N) is 1. The third-order valence-corrected chi connectivity index (χ3v) is 3.59. The average molecular weight is 342 g/mol. The topological polar surface area (TPSA) is 55.2 Å². The maximum atomic E-state index is 10.9. The largest absolute Gasteiger partial charge is 0.375 e. The third kappa shape index (κ3) is 3.45. The fourth-order valence-corrected chi connectivity index (χ4v) is 2.23. The average Bonchev–Trinajstić information content (AvgIpc) is 2.40. The molecule has 2 aromatic carbocycles. The number of anilines is 1. The minimum Gasteiger partial charge on any atom is -0.375 e. The van der Waals surface area contributed by atoms with E-state index in [9.17, 15) is 10.1 Å². The van der Waals surface area contributed by atoms with E-state index >= 15 is 0 Å². The molecule has 0 aliphatic carbocycles. The number of nitro groups is 1. The number of nitrogens with one attached hydrogen (secondary N) is 1. The number of nitro benzene ring substituents is 1. The minimum atomic E-state index is -0.407. The zero-order valence-corrected chi connectivity index (χ0v) is 12.1. The Kier molecular flexibility index (Phi) is 4.39. The monoisotopic (exact) mass is 340 g/mol. The Morgan fingerprint density at radius 1 is 1.26 bits per heavy atom. The van der Waals surface area contributed by atoms with E-state index in [2.05, 4.69) is 21.2 Å². The highest BCUT2D eigenvalue weighted by atomic mass is 79.9. The normalized spacial score (nSPS) is 10.2. The fourth-order valence-electron chi connectivity index (χ4n) is 1.65. The van der Waals surface area contributed by atoms with Gasteiger partial charge in [-0.1, -0.05) is 39.7 Å². The molecule has 2 rings (SSSR count). The van der Waals surface area contributed by atoms with Crippen molar-refractivity contribution in [3.8, 4) is 0 Å². The SMILES string of the molecule is O=[N+]([O-])c1ccccc1NCc1cc(Cl)ccc1Br. The summed E-state index contributed by atoms with van der Waals surface area (Å²) in [5.74, 6) is 0. The zero-order chi connectivity index (χ0) is 13.8. The molecule has 0 saturated heterocycles. The van der Waals surface area contributed by atoms with E-state index in [1.807, 2.05) is 12.1 Å². The van der Waals surface area contributed by atoms with Crippen LogP contribution in [-0.2, 0) is 6.54 Å². The number of hydrogen-bond donors (Lipinski definition) is 1. The van der Waals surface area contributed by atoms with Crippen molar-refractivity contribution in [3.63, 3.8) is 0 Å². The van der Waals surface area contributed by atoms with Crippen LogP contribution in [0.1, 0.15) is 5.56 Å². The molecule has 0 amide bonds. The van der Waals surface area contributed by atoms with Crippen LogP contribution in [-0.4, -0.2) is 4.92 Å². The van der Waals surface area contributed by atoms with Crippen molar-refractivity contribution >= 4 is 38.9 Å². The Hall–Kier alpha value is -1.59. The molecule has 0 fully saturated rings. The molecule has 4 nitrogen and oxygen atoms in total. The van der Waals surface area contributed by atoms with Crippen molar-refractivity contribution in [2.45, 2.75) is 6.54 Å². The molecule has 0 radical (unpaired) electrons. The minimum absolute atomic E-state index is 0.0562. The van der Waals surface area contributed by atoms with Crippen molar-refractivity contribution in [1.29, 1.82) is 0 Å². The molecule has 0 aliphatic heterocycles. The molecule has 1 N–H and O–H groups in total. The summed E-state index contributed by atoms with van der Waals surface area (Å²) < 4.78 is 0.906. The van der Waals surface area contributed by atoms with Gasteiger partial charge in [0.1, 0.15) is 5.69 Å². The van der Waals surface area contributed by atoms with Crippen LogP contribution >= 0.6 is 27.5 Å². The summed E-state index contributed by atoms with van der Waals surface area (Å²) in [6.45, 7) is 0.450. The molecule has 0 bridgehead atoms. The van der Waals surface area contributed by atoms with Gasteiger partial charge < -0.3 is 5.32 Å². The van der Waals surface area contributed by atoms with E-state index in [0.29, 0.717) is 17.3 Å². The molecule has 0 unspecified atom stereocenters. The van der Waals surface area contributed by atoms with Gasteiger partial charge in [-0.3, -0.25) is 10.1 Å². The van der Waals surface area contributed by atoms with Crippen LogP contribution in [0.5, 0.6) is 0 Å². The Morgan fingerprint density at radius 3 is 2.74 bits per heavy atom. The number of para-hydroxylation sites is 2. The number of halogens is 2. The van der Waals surface area contributed by atoms with Crippen LogP contribution in [0.2, 0.25) is 5.02 Å². The first-order chi connectivity index (χ1) is 9.08. The van der Waals surface area contributed by atoms with Crippen molar-refractivity contribution in [2.24, 2.45) is 0 Å². The molecule has 6 heteroatoms. The van der Waals surface area contributed by atoms with Crippen molar-refractivity contribution in [2.75, 3.05) is 5.32 Å². The lowest BCUT2D eigenvalue weighted by Gasteiger charge is -2.09. The van der Waals surface area contributed by atoms with E-state index in [1.54, 1.807) is 24.3 Å². The quantitative estimate of drug-likeness (QED) is 0.652.